The van der Waals surface area contributed by atoms with Gasteiger partial charge in [-0.25, -0.2) is 0 Å². The number of hydrogen-bond donors (Lipinski definition) is 2. The van der Waals surface area contributed by atoms with E-state index in [1.807, 2.05) is 0 Å². The highest BCUT2D eigenvalue weighted by Gasteiger charge is 2.03. The van der Waals surface area contributed by atoms with E-state index in [0.29, 0.717) is 12.1 Å². The number of carbonyl (C=O) groups is 1. The summed E-state index contributed by atoms with van der Waals surface area (Å²) < 4.78 is 32.0. The smallest absolute Gasteiger partial charge is 0.326 e. The molecule has 0 aliphatic rings. The average molecular weight is 327 g/mol. The lowest BCUT2D eigenvalue weighted by Gasteiger charge is -2.05. The molecule has 0 saturated carbocycles. The van der Waals surface area contributed by atoms with Crippen LogP contribution in [0.4, 0.5) is 11.4 Å². The Hall–Kier alpha value is -1.80. The highest BCUT2D eigenvalue weighted by Crippen LogP contribution is 2.17. The lowest BCUT2D eigenvalue weighted by molar-refractivity contribution is -0.116. The van der Waals surface area contributed by atoms with Gasteiger partial charge in [-0.1, -0.05) is 32.6 Å². The van der Waals surface area contributed by atoms with Crippen molar-refractivity contribution in [1.29, 1.82) is 0 Å². The predicted molar refractivity (Wildman–Crippen MR) is 84.5 cm³/mol. The summed E-state index contributed by atoms with van der Waals surface area (Å²) in [7, 11) is -4.48. The number of rotatable bonds is 9. The summed E-state index contributed by atoms with van der Waals surface area (Å²) in [6.45, 7) is 2.14. The summed E-state index contributed by atoms with van der Waals surface area (Å²) in [5.74, 6) is -0.0520. The number of hydrogen-bond acceptors (Lipinski definition) is 4. The third kappa shape index (κ3) is 8.48. The first-order valence-electron chi connectivity index (χ1n) is 7.21. The van der Waals surface area contributed by atoms with E-state index in [2.05, 4.69) is 21.9 Å². The van der Waals surface area contributed by atoms with Gasteiger partial charge in [0.1, 0.15) is 0 Å². The normalized spacial score (nSPS) is 11.7. The second-order valence-electron chi connectivity index (χ2n) is 4.89. The molecule has 0 radical (unpaired) electrons. The van der Waals surface area contributed by atoms with Crippen molar-refractivity contribution in [2.45, 2.75) is 45.4 Å². The van der Waals surface area contributed by atoms with Crippen LogP contribution in [0.1, 0.15) is 45.4 Å². The van der Waals surface area contributed by atoms with E-state index in [1.54, 1.807) is 12.1 Å². The molecule has 1 amide bonds. The second kappa shape index (κ2) is 9.26. The van der Waals surface area contributed by atoms with Crippen LogP contribution in [0.3, 0.4) is 0 Å². The molecule has 0 aromatic heterocycles. The van der Waals surface area contributed by atoms with E-state index in [4.69, 9.17) is 4.55 Å². The van der Waals surface area contributed by atoms with Crippen molar-refractivity contribution in [3.8, 4) is 0 Å². The first-order valence-corrected chi connectivity index (χ1v) is 8.61. The Morgan fingerprint density at radius 1 is 1.14 bits per heavy atom. The third-order valence-electron chi connectivity index (χ3n) is 2.92. The van der Waals surface area contributed by atoms with E-state index in [-0.39, 0.29) is 11.6 Å². The van der Waals surface area contributed by atoms with Crippen LogP contribution in [0.25, 0.3) is 0 Å². The molecule has 0 atom stereocenters. The number of carbonyl (C=O) groups excluding carboxylic acids is 1. The summed E-state index contributed by atoms with van der Waals surface area (Å²) in [6, 6.07) is 6.16. The first-order chi connectivity index (χ1) is 10.4. The number of nitrogens with one attached hydrogen (secondary N) is 1. The van der Waals surface area contributed by atoms with Crippen LogP contribution in [0, 0.1) is 0 Å². The van der Waals surface area contributed by atoms with Crippen LogP contribution in [-0.4, -0.2) is 18.9 Å². The molecular formula is C14H21N3O4S. The molecule has 2 N–H and O–H groups in total. The van der Waals surface area contributed by atoms with Crippen molar-refractivity contribution in [3.05, 3.63) is 24.3 Å². The highest BCUT2D eigenvalue weighted by atomic mass is 32.2. The molecule has 0 saturated heterocycles. The fourth-order valence-electron chi connectivity index (χ4n) is 1.82. The average Bonchev–Trinajstić information content (AvgIpc) is 2.45. The molecule has 7 nitrogen and oxygen atoms in total. The fourth-order valence-corrected chi connectivity index (χ4v) is 2.02. The summed E-state index contributed by atoms with van der Waals surface area (Å²) in [5.41, 5.74) is 0.861. The molecule has 8 heteroatoms. The van der Waals surface area contributed by atoms with Crippen LogP contribution >= 0.6 is 0 Å². The van der Waals surface area contributed by atoms with Gasteiger partial charge in [-0.3, -0.25) is 9.35 Å². The van der Waals surface area contributed by atoms with Gasteiger partial charge in [-0.05, 0) is 35.2 Å². The molecule has 0 fully saturated rings. The van der Waals surface area contributed by atoms with Crippen molar-refractivity contribution >= 4 is 27.6 Å². The molecule has 22 heavy (non-hydrogen) atoms. The molecule has 0 aliphatic heterocycles. The summed E-state index contributed by atoms with van der Waals surface area (Å²) in [5, 5.41) is 6.10. The Bertz CT molecular complexity index is 597. The molecule has 122 valence electrons. The summed E-state index contributed by atoms with van der Waals surface area (Å²) in [6.07, 6.45) is 5.92. The molecular weight excluding hydrogens is 306 g/mol. The van der Waals surface area contributed by atoms with Crippen LogP contribution < -0.4 is 5.32 Å². The zero-order chi connectivity index (χ0) is 16.4. The van der Waals surface area contributed by atoms with Gasteiger partial charge in [0.2, 0.25) is 5.91 Å². The van der Waals surface area contributed by atoms with Crippen molar-refractivity contribution in [1.82, 2.24) is 0 Å². The van der Waals surface area contributed by atoms with Gasteiger partial charge in [0.15, 0.2) is 0 Å². The van der Waals surface area contributed by atoms with E-state index >= 15 is 0 Å². The van der Waals surface area contributed by atoms with Gasteiger partial charge in [-0.2, -0.15) is 8.42 Å². The maximum absolute atomic E-state index is 11.7. The van der Waals surface area contributed by atoms with Crippen molar-refractivity contribution in [3.63, 3.8) is 0 Å². The third-order valence-corrected chi connectivity index (χ3v) is 3.21. The van der Waals surface area contributed by atoms with Gasteiger partial charge in [0, 0.05) is 12.1 Å². The van der Waals surface area contributed by atoms with E-state index in [9.17, 15) is 13.2 Å². The zero-order valence-electron chi connectivity index (χ0n) is 12.5. The predicted octanol–water partition coefficient (Wildman–Crippen LogP) is 3.87. The lowest BCUT2D eigenvalue weighted by atomic mass is 10.1. The zero-order valence-corrected chi connectivity index (χ0v) is 13.3. The van der Waals surface area contributed by atoms with Gasteiger partial charge >= 0.3 is 10.3 Å². The Balaban J connectivity index is 2.40. The molecule has 0 aliphatic carbocycles. The van der Waals surface area contributed by atoms with E-state index in [1.165, 1.54) is 25.0 Å². The maximum Gasteiger partial charge on any atom is 0.396 e. The van der Waals surface area contributed by atoms with Gasteiger partial charge in [-0.15, -0.1) is 5.11 Å². The molecule has 1 aromatic rings. The molecule has 0 spiro atoms. The Morgan fingerprint density at radius 3 is 2.36 bits per heavy atom. The van der Waals surface area contributed by atoms with Crippen molar-refractivity contribution < 1.29 is 17.8 Å². The number of unbranched alkanes of at least 4 members (excludes halogenated alkanes) is 4. The molecule has 0 bridgehead atoms. The van der Waals surface area contributed by atoms with Crippen LogP contribution in [0.5, 0.6) is 0 Å². The van der Waals surface area contributed by atoms with Gasteiger partial charge in [0.05, 0.1) is 5.69 Å². The molecule has 1 rings (SSSR count). The minimum Gasteiger partial charge on any atom is -0.326 e. The Kier molecular flexibility index (Phi) is 7.69. The largest absolute Gasteiger partial charge is 0.396 e. The highest BCUT2D eigenvalue weighted by molar-refractivity contribution is 7.84. The first kappa shape index (κ1) is 18.2. The molecule has 1 aromatic carbocycles. The standard InChI is InChI=1S/C14H21N3O4S/c1-2-3-4-5-6-7-14(18)15-12-8-10-13(11-9-12)16-17-22(19,20)21/h8-11H,2-7H2,1H3,(H,15,18)(H,19,20,21). The number of anilines is 1. The number of nitrogens with zero attached hydrogens (tertiary/aromatic N) is 2. The fraction of sp³-hybridized carbons (Fsp3) is 0.500. The van der Waals surface area contributed by atoms with Crippen LogP contribution in [0.2, 0.25) is 0 Å². The van der Waals surface area contributed by atoms with E-state index in [0.717, 1.165) is 19.3 Å². The maximum atomic E-state index is 11.7. The quantitative estimate of drug-likeness (QED) is 0.407. The molecule has 0 heterocycles. The van der Waals surface area contributed by atoms with Crippen LogP contribution in [0.15, 0.2) is 33.9 Å². The van der Waals surface area contributed by atoms with Gasteiger partial charge < -0.3 is 5.32 Å². The summed E-state index contributed by atoms with van der Waals surface area (Å²) >= 11 is 0. The number of benzene rings is 1. The Morgan fingerprint density at radius 2 is 1.77 bits per heavy atom. The molecule has 0 unspecified atom stereocenters. The number of amides is 1. The lowest BCUT2D eigenvalue weighted by Crippen LogP contribution is -2.10. The minimum absolute atomic E-state index is 0.0520. The van der Waals surface area contributed by atoms with Crippen molar-refractivity contribution in [2.75, 3.05) is 5.32 Å². The van der Waals surface area contributed by atoms with Crippen LogP contribution in [-0.2, 0) is 15.1 Å². The SMILES string of the molecule is CCCCCCCC(=O)Nc1ccc(N=NS(=O)(=O)O)cc1. The summed E-state index contributed by atoms with van der Waals surface area (Å²) in [4.78, 5) is 11.7. The minimum atomic E-state index is -4.48. The van der Waals surface area contributed by atoms with Gasteiger partial charge in [0.25, 0.3) is 0 Å². The van der Waals surface area contributed by atoms with E-state index < -0.39 is 10.3 Å². The monoisotopic (exact) mass is 327 g/mol. The topological polar surface area (TPSA) is 108 Å². The second-order valence-corrected chi connectivity index (χ2v) is 5.95. The van der Waals surface area contributed by atoms with Crippen molar-refractivity contribution in [2.24, 2.45) is 9.63 Å². The Labute approximate surface area is 130 Å².